The molecule has 1 heteroatoms. The van der Waals surface area contributed by atoms with E-state index in [1.165, 1.54) is 56.1 Å². The molecule has 1 aromatic rings. The van der Waals surface area contributed by atoms with E-state index in [1.807, 2.05) is 0 Å². The standard InChI is InChI=1S/C17H29N/c1-4-6-7-8-13-17(18-3)16-12-9-11-15(14-16)10-5-2/h9,11-12,14,17-18H,4-8,10,13H2,1-3H3. The Balaban J connectivity index is 2.54. The van der Waals surface area contributed by atoms with Gasteiger partial charge in [-0.3, -0.25) is 0 Å². The third-order valence-corrected chi connectivity index (χ3v) is 3.59. The zero-order valence-corrected chi connectivity index (χ0v) is 12.3. The van der Waals surface area contributed by atoms with Crippen molar-refractivity contribution in [3.63, 3.8) is 0 Å². The normalized spacial score (nSPS) is 12.6. The molecule has 1 rings (SSSR count). The maximum absolute atomic E-state index is 3.46. The Hall–Kier alpha value is -0.820. The number of benzene rings is 1. The van der Waals surface area contributed by atoms with Crippen molar-refractivity contribution in [1.82, 2.24) is 5.32 Å². The minimum atomic E-state index is 0.527. The van der Waals surface area contributed by atoms with Crippen LogP contribution in [0.2, 0.25) is 0 Å². The summed E-state index contributed by atoms with van der Waals surface area (Å²) in [6, 6.07) is 9.62. The third kappa shape index (κ3) is 5.22. The predicted octanol–water partition coefficient (Wildman–Crippen LogP) is 4.87. The van der Waals surface area contributed by atoms with E-state index < -0.39 is 0 Å². The monoisotopic (exact) mass is 247 g/mol. The van der Waals surface area contributed by atoms with Gasteiger partial charge in [0.05, 0.1) is 0 Å². The second-order valence-corrected chi connectivity index (χ2v) is 5.19. The number of nitrogens with one attached hydrogen (secondary N) is 1. The quantitative estimate of drug-likeness (QED) is 0.614. The first-order valence-electron chi connectivity index (χ1n) is 7.57. The molecule has 0 heterocycles. The van der Waals surface area contributed by atoms with Crippen molar-refractivity contribution < 1.29 is 0 Å². The lowest BCUT2D eigenvalue weighted by Crippen LogP contribution is -2.16. The van der Waals surface area contributed by atoms with Crippen molar-refractivity contribution in [1.29, 1.82) is 0 Å². The number of rotatable bonds is 9. The van der Waals surface area contributed by atoms with Gasteiger partial charge in [-0.25, -0.2) is 0 Å². The predicted molar refractivity (Wildman–Crippen MR) is 81.0 cm³/mol. The molecule has 0 amide bonds. The van der Waals surface area contributed by atoms with Gasteiger partial charge in [0.1, 0.15) is 0 Å². The zero-order chi connectivity index (χ0) is 13.2. The largest absolute Gasteiger partial charge is 0.313 e. The first-order valence-corrected chi connectivity index (χ1v) is 7.57. The lowest BCUT2D eigenvalue weighted by atomic mass is 9.97. The molecule has 1 unspecified atom stereocenters. The highest BCUT2D eigenvalue weighted by Crippen LogP contribution is 2.21. The van der Waals surface area contributed by atoms with Gasteiger partial charge in [0.25, 0.3) is 0 Å². The molecule has 102 valence electrons. The van der Waals surface area contributed by atoms with Gasteiger partial charge in [0.2, 0.25) is 0 Å². The minimum absolute atomic E-state index is 0.527. The Morgan fingerprint density at radius 2 is 1.89 bits per heavy atom. The van der Waals surface area contributed by atoms with Crippen molar-refractivity contribution in [2.75, 3.05) is 7.05 Å². The average molecular weight is 247 g/mol. The van der Waals surface area contributed by atoms with E-state index in [2.05, 4.69) is 50.5 Å². The van der Waals surface area contributed by atoms with Crippen LogP contribution in [0.3, 0.4) is 0 Å². The Kier molecular flexibility index (Phi) is 7.75. The van der Waals surface area contributed by atoms with Crippen LogP contribution in [0.4, 0.5) is 0 Å². The third-order valence-electron chi connectivity index (χ3n) is 3.59. The Morgan fingerprint density at radius 1 is 1.06 bits per heavy atom. The van der Waals surface area contributed by atoms with Crippen LogP contribution in [0.15, 0.2) is 24.3 Å². The SMILES string of the molecule is CCCCCCC(NC)c1cccc(CCC)c1. The Labute approximate surface area is 113 Å². The molecular formula is C17H29N. The molecule has 0 saturated carbocycles. The van der Waals surface area contributed by atoms with Crippen molar-refractivity contribution in [3.05, 3.63) is 35.4 Å². The molecular weight excluding hydrogens is 218 g/mol. The number of unbranched alkanes of at least 4 members (excludes halogenated alkanes) is 3. The van der Waals surface area contributed by atoms with Crippen molar-refractivity contribution in [3.8, 4) is 0 Å². The summed E-state index contributed by atoms with van der Waals surface area (Å²) in [6.45, 7) is 4.51. The van der Waals surface area contributed by atoms with Crippen LogP contribution in [0.1, 0.15) is 69.5 Å². The molecule has 0 radical (unpaired) electrons. The molecule has 0 saturated heterocycles. The van der Waals surface area contributed by atoms with E-state index in [-0.39, 0.29) is 0 Å². The van der Waals surface area contributed by atoms with Gasteiger partial charge in [0, 0.05) is 6.04 Å². The summed E-state index contributed by atoms with van der Waals surface area (Å²) < 4.78 is 0. The first-order chi connectivity index (χ1) is 8.81. The van der Waals surface area contributed by atoms with Crippen molar-refractivity contribution in [2.45, 2.75) is 64.8 Å². The Morgan fingerprint density at radius 3 is 2.56 bits per heavy atom. The zero-order valence-electron chi connectivity index (χ0n) is 12.3. The van der Waals surface area contributed by atoms with Gasteiger partial charge in [-0.1, -0.05) is 70.2 Å². The molecule has 0 aromatic heterocycles. The molecule has 1 nitrogen and oxygen atoms in total. The summed E-state index contributed by atoms with van der Waals surface area (Å²) in [5.41, 5.74) is 2.93. The van der Waals surface area contributed by atoms with Gasteiger partial charge >= 0.3 is 0 Å². The van der Waals surface area contributed by atoms with Crippen molar-refractivity contribution in [2.24, 2.45) is 0 Å². The van der Waals surface area contributed by atoms with E-state index in [0.717, 1.165) is 0 Å². The lowest BCUT2D eigenvalue weighted by molar-refractivity contribution is 0.505. The summed E-state index contributed by atoms with van der Waals surface area (Å²) in [6.07, 6.45) is 9.06. The van der Waals surface area contributed by atoms with E-state index >= 15 is 0 Å². The fourth-order valence-electron chi connectivity index (χ4n) is 2.51. The molecule has 0 fully saturated rings. The molecule has 1 atom stereocenters. The number of aryl methyl sites for hydroxylation is 1. The van der Waals surface area contributed by atoms with Crippen LogP contribution in [-0.4, -0.2) is 7.05 Å². The highest BCUT2D eigenvalue weighted by atomic mass is 14.9. The fourth-order valence-corrected chi connectivity index (χ4v) is 2.51. The van der Waals surface area contributed by atoms with Crippen LogP contribution < -0.4 is 5.32 Å². The summed E-state index contributed by atoms with van der Waals surface area (Å²) in [7, 11) is 2.08. The topological polar surface area (TPSA) is 12.0 Å². The average Bonchev–Trinajstić information content (AvgIpc) is 2.40. The van der Waals surface area contributed by atoms with Gasteiger partial charge in [-0.2, -0.15) is 0 Å². The molecule has 0 bridgehead atoms. The first kappa shape index (κ1) is 15.2. The summed E-state index contributed by atoms with van der Waals surface area (Å²) in [4.78, 5) is 0. The molecule has 0 aliphatic rings. The Bertz CT molecular complexity index is 319. The molecule has 0 aliphatic carbocycles. The number of hydrogen-bond donors (Lipinski definition) is 1. The van der Waals surface area contributed by atoms with Gasteiger partial charge in [-0.15, -0.1) is 0 Å². The maximum atomic E-state index is 3.46. The highest BCUT2D eigenvalue weighted by molar-refractivity contribution is 5.26. The van der Waals surface area contributed by atoms with Crippen LogP contribution >= 0.6 is 0 Å². The van der Waals surface area contributed by atoms with E-state index in [9.17, 15) is 0 Å². The highest BCUT2D eigenvalue weighted by Gasteiger charge is 2.08. The van der Waals surface area contributed by atoms with Crippen LogP contribution in [-0.2, 0) is 6.42 Å². The van der Waals surface area contributed by atoms with E-state index in [4.69, 9.17) is 0 Å². The molecule has 1 N–H and O–H groups in total. The molecule has 0 spiro atoms. The lowest BCUT2D eigenvalue weighted by Gasteiger charge is -2.17. The summed E-state index contributed by atoms with van der Waals surface area (Å²) >= 11 is 0. The second kappa shape index (κ2) is 9.16. The van der Waals surface area contributed by atoms with Crippen LogP contribution in [0.5, 0.6) is 0 Å². The molecule has 18 heavy (non-hydrogen) atoms. The summed E-state index contributed by atoms with van der Waals surface area (Å²) in [5, 5.41) is 3.46. The van der Waals surface area contributed by atoms with Crippen molar-refractivity contribution >= 4 is 0 Å². The number of hydrogen-bond acceptors (Lipinski definition) is 1. The fraction of sp³-hybridized carbons (Fsp3) is 0.647. The maximum Gasteiger partial charge on any atom is 0.0317 e. The summed E-state index contributed by atoms with van der Waals surface area (Å²) in [5.74, 6) is 0. The van der Waals surface area contributed by atoms with E-state index in [0.29, 0.717) is 6.04 Å². The van der Waals surface area contributed by atoms with Crippen LogP contribution in [0.25, 0.3) is 0 Å². The van der Waals surface area contributed by atoms with E-state index in [1.54, 1.807) is 0 Å². The van der Waals surface area contributed by atoms with Gasteiger partial charge in [-0.05, 0) is 31.0 Å². The smallest absolute Gasteiger partial charge is 0.0317 e. The van der Waals surface area contributed by atoms with Gasteiger partial charge < -0.3 is 5.32 Å². The molecule has 1 aromatic carbocycles. The second-order valence-electron chi connectivity index (χ2n) is 5.19. The van der Waals surface area contributed by atoms with Crippen LogP contribution in [0, 0.1) is 0 Å². The molecule has 0 aliphatic heterocycles. The van der Waals surface area contributed by atoms with Gasteiger partial charge in [0.15, 0.2) is 0 Å². The minimum Gasteiger partial charge on any atom is -0.313 e.